The summed E-state index contributed by atoms with van der Waals surface area (Å²) in [6.07, 6.45) is 2.94. The first-order valence-electron chi connectivity index (χ1n) is 9.90. The van der Waals surface area contributed by atoms with Crippen LogP contribution >= 0.6 is 0 Å². The summed E-state index contributed by atoms with van der Waals surface area (Å²) < 4.78 is 45.6. The molecule has 8 heteroatoms. The Kier molecular flexibility index (Phi) is 6.41. The number of benzene rings is 1. The zero-order valence-electron chi connectivity index (χ0n) is 16.5. The fourth-order valence-corrected chi connectivity index (χ4v) is 5.84. The fraction of sp³-hybridized carbons (Fsp3) is 0.650. The number of nitrogens with zero attached hydrogens (tertiary/aromatic N) is 1. The molecule has 1 amide bonds. The van der Waals surface area contributed by atoms with Crippen molar-refractivity contribution < 1.29 is 22.3 Å². The maximum Gasteiger partial charge on any atom is 0.230 e. The Morgan fingerprint density at radius 2 is 1.75 bits per heavy atom. The summed E-state index contributed by atoms with van der Waals surface area (Å²) in [7, 11) is -3.47. The minimum absolute atomic E-state index is 0.0598. The summed E-state index contributed by atoms with van der Waals surface area (Å²) in [6, 6.07) is 6.06. The number of sulfonamides is 1. The van der Waals surface area contributed by atoms with Crippen molar-refractivity contribution in [3.05, 3.63) is 35.6 Å². The Hall–Kier alpha value is -1.51. The molecule has 1 aromatic carbocycles. The summed E-state index contributed by atoms with van der Waals surface area (Å²) in [5.74, 6) is -0.648. The number of carbonyl (C=O) groups is 1. The Morgan fingerprint density at radius 1 is 1.18 bits per heavy atom. The van der Waals surface area contributed by atoms with Crippen molar-refractivity contribution in [2.75, 3.05) is 25.4 Å². The molecular formula is C20H29FN2O4S. The van der Waals surface area contributed by atoms with Gasteiger partial charge in [0.25, 0.3) is 0 Å². The smallest absolute Gasteiger partial charge is 0.230 e. The third-order valence-electron chi connectivity index (χ3n) is 5.71. The summed E-state index contributed by atoms with van der Waals surface area (Å²) >= 11 is 0. The van der Waals surface area contributed by atoms with E-state index in [9.17, 15) is 17.6 Å². The quantitative estimate of drug-likeness (QED) is 0.777. The van der Waals surface area contributed by atoms with Gasteiger partial charge in [0.1, 0.15) is 5.82 Å². The SMILES string of the molecule is C[C@H]1CN(S(=O)(=O)CCNC(=O)C2(c3ccc(F)cc3)CCCC2)C[C@H](C)O1. The highest BCUT2D eigenvalue weighted by molar-refractivity contribution is 7.89. The number of hydrogen-bond donors (Lipinski definition) is 1. The van der Waals surface area contributed by atoms with Crippen molar-refractivity contribution in [2.24, 2.45) is 0 Å². The van der Waals surface area contributed by atoms with Crippen LogP contribution < -0.4 is 5.32 Å². The Morgan fingerprint density at radius 3 is 2.32 bits per heavy atom. The molecule has 2 aliphatic rings. The van der Waals surface area contributed by atoms with Gasteiger partial charge in [0.15, 0.2) is 0 Å². The fourth-order valence-electron chi connectivity index (χ4n) is 4.34. The van der Waals surface area contributed by atoms with Gasteiger partial charge in [-0.2, -0.15) is 4.31 Å². The zero-order valence-corrected chi connectivity index (χ0v) is 17.3. The van der Waals surface area contributed by atoms with Crippen molar-refractivity contribution in [3.63, 3.8) is 0 Å². The van der Waals surface area contributed by atoms with Crippen LogP contribution in [0.1, 0.15) is 45.1 Å². The number of morpholine rings is 1. The first-order chi connectivity index (χ1) is 13.2. The molecule has 1 N–H and O–H groups in total. The molecule has 28 heavy (non-hydrogen) atoms. The predicted octanol–water partition coefficient (Wildman–Crippen LogP) is 2.19. The minimum atomic E-state index is -3.47. The highest BCUT2D eigenvalue weighted by Crippen LogP contribution is 2.41. The summed E-state index contributed by atoms with van der Waals surface area (Å²) in [6.45, 7) is 4.43. The van der Waals surface area contributed by atoms with Crippen LogP contribution in [0.5, 0.6) is 0 Å². The third-order valence-corrected chi connectivity index (χ3v) is 7.52. The Balaban J connectivity index is 1.63. The lowest BCUT2D eigenvalue weighted by atomic mass is 9.78. The largest absolute Gasteiger partial charge is 0.373 e. The predicted molar refractivity (Wildman–Crippen MR) is 105 cm³/mol. The second-order valence-electron chi connectivity index (χ2n) is 7.94. The van der Waals surface area contributed by atoms with E-state index in [1.54, 1.807) is 12.1 Å². The van der Waals surface area contributed by atoms with Gasteiger partial charge in [0.05, 0.1) is 23.4 Å². The van der Waals surface area contributed by atoms with Crippen molar-refractivity contribution in [1.29, 1.82) is 0 Å². The number of hydrogen-bond acceptors (Lipinski definition) is 4. The van der Waals surface area contributed by atoms with Crippen molar-refractivity contribution >= 4 is 15.9 Å². The van der Waals surface area contributed by atoms with Crippen molar-refractivity contribution in [2.45, 2.75) is 57.2 Å². The van der Waals surface area contributed by atoms with Crippen LogP contribution in [0.2, 0.25) is 0 Å². The van der Waals surface area contributed by atoms with Crippen molar-refractivity contribution in [3.8, 4) is 0 Å². The van der Waals surface area contributed by atoms with Gasteiger partial charge in [-0.1, -0.05) is 25.0 Å². The lowest BCUT2D eigenvalue weighted by molar-refractivity contribution is -0.126. The number of carbonyl (C=O) groups excluding carboxylic acids is 1. The molecule has 2 fully saturated rings. The third kappa shape index (κ3) is 4.55. The van der Waals surface area contributed by atoms with E-state index in [1.165, 1.54) is 16.4 Å². The van der Waals surface area contributed by atoms with E-state index in [4.69, 9.17) is 4.74 Å². The molecule has 2 atom stereocenters. The maximum absolute atomic E-state index is 13.3. The van der Waals surface area contributed by atoms with Crippen LogP contribution in [-0.2, 0) is 25.0 Å². The van der Waals surface area contributed by atoms with Crippen LogP contribution in [-0.4, -0.2) is 56.2 Å². The van der Waals surface area contributed by atoms with Gasteiger partial charge in [0.2, 0.25) is 15.9 Å². The topological polar surface area (TPSA) is 75.7 Å². The van der Waals surface area contributed by atoms with Crippen LogP contribution in [0.3, 0.4) is 0 Å². The van der Waals surface area contributed by atoms with Crippen molar-refractivity contribution in [1.82, 2.24) is 9.62 Å². The van der Waals surface area contributed by atoms with Crippen LogP contribution in [0.25, 0.3) is 0 Å². The molecule has 0 bridgehead atoms. The molecule has 0 radical (unpaired) electrons. The van der Waals surface area contributed by atoms with Crippen LogP contribution in [0.15, 0.2) is 24.3 Å². The molecule has 156 valence electrons. The number of ether oxygens (including phenoxy) is 1. The number of nitrogens with one attached hydrogen (secondary N) is 1. The normalized spacial score (nSPS) is 25.5. The highest BCUT2D eigenvalue weighted by atomic mass is 32.2. The average Bonchev–Trinajstić information content (AvgIpc) is 3.12. The van der Waals surface area contributed by atoms with Gasteiger partial charge in [-0.25, -0.2) is 12.8 Å². The molecule has 1 aliphatic carbocycles. The molecule has 6 nitrogen and oxygen atoms in total. The monoisotopic (exact) mass is 412 g/mol. The standard InChI is InChI=1S/C20H29FN2O4S/c1-15-13-23(14-16(2)27-15)28(25,26)12-11-22-19(24)20(9-3-4-10-20)17-5-7-18(21)8-6-17/h5-8,15-16H,3-4,9-14H2,1-2H3,(H,22,24)/t15-,16-/m0/s1. The van der Waals surface area contributed by atoms with Gasteiger partial charge >= 0.3 is 0 Å². The van der Waals surface area contributed by atoms with Gasteiger partial charge in [0, 0.05) is 19.6 Å². The molecule has 1 saturated heterocycles. The van der Waals surface area contributed by atoms with E-state index >= 15 is 0 Å². The molecule has 0 unspecified atom stereocenters. The van der Waals surface area contributed by atoms with Gasteiger partial charge in [-0.15, -0.1) is 0 Å². The van der Waals surface area contributed by atoms with Gasteiger partial charge < -0.3 is 10.1 Å². The molecule has 3 rings (SSSR count). The average molecular weight is 413 g/mol. The van der Waals surface area contributed by atoms with E-state index in [-0.39, 0.29) is 36.2 Å². The zero-order chi connectivity index (χ0) is 20.4. The van der Waals surface area contributed by atoms with Gasteiger partial charge in [-0.3, -0.25) is 4.79 Å². The minimum Gasteiger partial charge on any atom is -0.373 e. The van der Waals surface area contributed by atoms with Crippen LogP contribution in [0.4, 0.5) is 4.39 Å². The first kappa shape index (κ1) is 21.2. The molecule has 1 saturated carbocycles. The number of rotatable bonds is 6. The first-order valence-corrected chi connectivity index (χ1v) is 11.5. The maximum atomic E-state index is 13.3. The second kappa shape index (κ2) is 8.47. The molecule has 0 spiro atoms. The lowest BCUT2D eigenvalue weighted by Gasteiger charge is -2.34. The number of halogens is 1. The van der Waals surface area contributed by atoms with E-state index < -0.39 is 15.4 Å². The molecule has 0 aromatic heterocycles. The lowest BCUT2D eigenvalue weighted by Crippen LogP contribution is -2.50. The van der Waals surface area contributed by atoms with Gasteiger partial charge in [-0.05, 0) is 44.4 Å². The summed E-state index contributed by atoms with van der Waals surface area (Å²) in [4.78, 5) is 13.0. The second-order valence-corrected chi connectivity index (χ2v) is 10.0. The molecule has 1 heterocycles. The van der Waals surface area contributed by atoms with E-state index in [0.717, 1.165) is 18.4 Å². The number of amides is 1. The summed E-state index contributed by atoms with van der Waals surface area (Å²) in [5, 5.41) is 2.83. The van der Waals surface area contributed by atoms with E-state index in [0.29, 0.717) is 25.9 Å². The highest BCUT2D eigenvalue weighted by Gasteiger charge is 2.42. The van der Waals surface area contributed by atoms with E-state index in [1.807, 2.05) is 13.8 Å². The molecule has 1 aliphatic heterocycles. The molecule has 1 aromatic rings. The van der Waals surface area contributed by atoms with Crippen LogP contribution in [0, 0.1) is 5.82 Å². The Bertz CT molecular complexity index is 781. The van der Waals surface area contributed by atoms with E-state index in [2.05, 4.69) is 5.32 Å². The summed E-state index contributed by atoms with van der Waals surface area (Å²) in [5.41, 5.74) is 0.0991. The Labute approximate surface area is 166 Å². The molecular weight excluding hydrogens is 383 g/mol.